The normalized spacial score (nSPS) is 10.5. The fraction of sp³-hybridized carbons (Fsp3) is 0.636. The van der Waals surface area contributed by atoms with Gasteiger partial charge in [-0.15, -0.1) is 0 Å². The van der Waals surface area contributed by atoms with E-state index in [1.165, 1.54) is 0 Å². The van der Waals surface area contributed by atoms with Crippen molar-refractivity contribution >= 4 is 17.4 Å². The molecule has 1 rings (SSSR count). The maximum Gasteiger partial charge on any atom is 0.224 e. The molecule has 5 nitrogen and oxygen atoms in total. The van der Waals surface area contributed by atoms with Crippen LogP contribution < -0.4 is 5.32 Å². The minimum Gasteiger partial charge on any atom is -0.382 e. The summed E-state index contributed by atoms with van der Waals surface area (Å²) in [5.74, 6) is 0.749. The predicted molar refractivity (Wildman–Crippen MR) is 67.6 cm³/mol. The van der Waals surface area contributed by atoms with E-state index in [1.807, 2.05) is 13.0 Å². The van der Waals surface area contributed by atoms with Crippen molar-refractivity contribution in [2.45, 2.75) is 13.3 Å². The Morgan fingerprint density at radius 1 is 1.29 bits per heavy atom. The van der Waals surface area contributed by atoms with Gasteiger partial charge in [0.2, 0.25) is 5.28 Å². The molecule has 1 heterocycles. The molecule has 0 radical (unpaired) electrons. The molecule has 0 spiro atoms. The van der Waals surface area contributed by atoms with Crippen LogP contribution >= 0.6 is 11.6 Å². The number of hydrogen-bond donors (Lipinski definition) is 1. The number of rotatable bonds is 8. The Morgan fingerprint density at radius 2 is 2.12 bits per heavy atom. The fourth-order valence-electron chi connectivity index (χ4n) is 1.26. The third kappa shape index (κ3) is 6.41. The van der Waals surface area contributed by atoms with E-state index in [2.05, 4.69) is 15.3 Å². The summed E-state index contributed by atoms with van der Waals surface area (Å²) in [5.41, 5.74) is 0.851. The molecule has 1 aromatic rings. The first-order chi connectivity index (χ1) is 8.22. The molecule has 0 unspecified atom stereocenters. The highest BCUT2D eigenvalue weighted by Crippen LogP contribution is 2.09. The van der Waals surface area contributed by atoms with E-state index in [0.29, 0.717) is 19.8 Å². The molecule has 96 valence electrons. The van der Waals surface area contributed by atoms with Gasteiger partial charge in [-0.3, -0.25) is 0 Å². The number of nitrogens with one attached hydrogen (secondary N) is 1. The van der Waals surface area contributed by atoms with Crippen LogP contribution in [0.3, 0.4) is 0 Å². The Hall–Kier alpha value is -0.910. The van der Waals surface area contributed by atoms with Gasteiger partial charge in [-0.25, -0.2) is 9.97 Å². The lowest BCUT2D eigenvalue weighted by Gasteiger charge is -2.07. The van der Waals surface area contributed by atoms with Crippen molar-refractivity contribution in [3.05, 3.63) is 17.0 Å². The Morgan fingerprint density at radius 3 is 2.82 bits per heavy atom. The Bertz CT molecular complexity index is 316. The molecule has 0 fully saturated rings. The molecule has 0 amide bonds. The van der Waals surface area contributed by atoms with Gasteiger partial charge in [-0.1, -0.05) is 0 Å². The minimum atomic E-state index is 0.267. The number of ether oxygens (including phenoxy) is 2. The predicted octanol–water partition coefficient (Wildman–Crippen LogP) is 1.90. The maximum absolute atomic E-state index is 5.75. The molecule has 0 saturated heterocycles. The zero-order chi connectivity index (χ0) is 12.5. The van der Waals surface area contributed by atoms with Crippen LogP contribution in [0.2, 0.25) is 5.28 Å². The minimum absolute atomic E-state index is 0.267. The first-order valence-electron chi connectivity index (χ1n) is 5.54. The van der Waals surface area contributed by atoms with Gasteiger partial charge in [-0.05, 0) is 24.9 Å². The lowest BCUT2D eigenvalue weighted by Crippen LogP contribution is -2.09. The summed E-state index contributed by atoms with van der Waals surface area (Å²) in [6.07, 6.45) is 0.907. The molecule has 0 saturated carbocycles. The van der Waals surface area contributed by atoms with Crippen molar-refractivity contribution < 1.29 is 9.47 Å². The van der Waals surface area contributed by atoms with Gasteiger partial charge in [0.05, 0.1) is 13.2 Å². The van der Waals surface area contributed by atoms with Crippen LogP contribution in [0.4, 0.5) is 5.82 Å². The van der Waals surface area contributed by atoms with E-state index in [9.17, 15) is 0 Å². The number of aryl methyl sites for hydroxylation is 1. The van der Waals surface area contributed by atoms with Crippen LogP contribution in [-0.4, -0.2) is 43.4 Å². The average Bonchev–Trinajstić information content (AvgIpc) is 2.26. The van der Waals surface area contributed by atoms with Gasteiger partial charge in [0.25, 0.3) is 0 Å². The molecule has 1 N–H and O–H groups in total. The molecule has 17 heavy (non-hydrogen) atoms. The summed E-state index contributed by atoms with van der Waals surface area (Å²) >= 11 is 5.75. The van der Waals surface area contributed by atoms with Gasteiger partial charge in [0.15, 0.2) is 0 Å². The number of nitrogens with zero attached hydrogens (tertiary/aromatic N) is 2. The molecule has 0 atom stereocenters. The second-order valence-corrected chi connectivity index (χ2v) is 3.89. The van der Waals surface area contributed by atoms with Crippen LogP contribution in [-0.2, 0) is 9.47 Å². The standard InChI is InChI=1S/C11H18ClN3O2/c1-9-8-10(15-11(12)14-9)13-4-3-5-17-7-6-16-2/h8H,3-7H2,1-2H3,(H,13,14,15). The highest BCUT2D eigenvalue weighted by Gasteiger charge is 1.98. The molecule has 0 aliphatic rings. The van der Waals surface area contributed by atoms with Gasteiger partial charge in [-0.2, -0.15) is 0 Å². The molecule has 1 aromatic heterocycles. The summed E-state index contributed by atoms with van der Waals surface area (Å²) in [5, 5.41) is 3.44. The molecule has 0 aliphatic carbocycles. The largest absolute Gasteiger partial charge is 0.382 e. The highest BCUT2D eigenvalue weighted by molar-refractivity contribution is 6.28. The van der Waals surface area contributed by atoms with E-state index in [-0.39, 0.29) is 5.28 Å². The summed E-state index contributed by atoms with van der Waals surface area (Å²) < 4.78 is 10.2. The molecule has 6 heteroatoms. The zero-order valence-corrected chi connectivity index (χ0v) is 11.0. The van der Waals surface area contributed by atoms with E-state index in [0.717, 1.165) is 24.5 Å². The van der Waals surface area contributed by atoms with E-state index in [1.54, 1.807) is 7.11 Å². The van der Waals surface area contributed by atoms with Crippen molar-refractivity contribution in [2.24, 2.45) is 0 Å². The number of methoxy groups -OCH3 is 1. The van der Waals surface area contributed by atoms with E-state index < -0.39 is 0 Å². The number of aromatic nitrogens is 2. The van der Waals surface area contributed by atoms with Crippen LogP contribution in [0, 0.1) is 6.92 Å². The van der Waals surface area contributed by atoms with Crippen molar-refractivity contribution in [3.8, 4) is 0 Å². The summed E-state index contributed by atoms with van der Waals surface area (Å²) in [4.78, 5) is 8.05. The molecular weight excluding hydrogens is 242 g/mol. The maximum atomic E-state index is 5.75. The molecule has 0 bridgehead atoms. The SMILES string of the molecule is COCCOCCCNc1cc(C)nc(Cl)n1. The van der Waals surface area contributed by atoms with Crippen molar-refractivity contribution in [3.63, 3.8) is 0 Å². The number of hydrogen-bond acceptors (Lipinski definition) is 5. The number of anilines is 1. The highest BCUT2D eigenvalue weighted by atomic mass is 35.5. The monoisotopic (exact) mass is 259 g/mol. The van der Waals surface area contributed by atoms with Gasteiger partial charge in [0.1, 0.15) is 5.82 Å². The summed E-state index contributed by atoms with van der Waals surface area (Å²) in [7, 11) is 1.66. The second kappa shape index (κ2) is 8.22. The van der Waals surface area contributed by atoms with E-state index in [4.69, 9.17) is 21.1 Å². The van der Waals surface area contributed by atoms with E-state index >= 15 is 0 Å². The van der Waals surface area contributed by atoms with Crippen LogP contribution in [0.15, 0.2) is 6.07 Å². The van der Waals surface area contributed by atoms with Crippen LogP contribution in [0.5, 0.6) is 0 Å². The summed E-state index contributed by atoms with van der Waals surface area (Å²) in [6, 6.07) is 1.86. The smallest absolute Gasteiger partial charge is 0.224 e. The topological polar surface area (TPSA) is 56.3 Å². The molecule has 0 aromatic carbocycles. The Labute approximate surface area is 107 Å². The molecule has 0 aliphatic heterocycles. The Balaban J connectivity index is 2.13. The Kier molecular flexibility index (Phi) is 6.84. The quantitative estimate of drug-likeness (QED) is 0.571. The zero-order valence-electron chi connectivity index (χ0n) is 10.2. The van der Waals surface area contributed by atoms with Crippen LogP contribution in [0.25, 0.3) is 0 Å². The van der Waals surface area contributed by atoms with Crippen molar-refractivity contribution in [1.82, 2.24) is 9.97 Å². The average molecular weight is 260 g/mol. The first-order valence-corrected chi connectivity index (χ1v) is 5.92. The summed E-state index contributed by atoms with van der Waals surface area (Å²) in [6.45, 7) is 4.64. The van der Waals surface area contributed by atoms with Crippen molar-refractivity contribution in [2.75, 3.05) is 38.8 Å². The third-order valence-electron chi connectivity index (χ3n) is 2.03. The second-order valence-electron chi connectivity index (χ2n) is 3.55. The lowest BCUT2D eigenvalue weighted by molar-refractivity contribution is 0.0705. The van der Waals surface area contributed by atoms with Crippen LogP contribution in [0.1, 0.15) is 12.1 Å². The van der Waals surface area contributed by atoms with Gasteiger partial charge >= 0.3 is 0 Å². The number of halogens is 1. The lowest BCUT2D eigenvalue weighted by atomic mass is 10.4. The van der Waals surface area contributed by atoms with Gasteiger partial charge in [0, 0.05) is 32.0 Å². The van der Waals surface area contributed by atoms with Gasteiger partial charge < -0.3 is 14.8 Å². The fourth-order valence-corrected chi connectivity index (χ4v) is 1.48. The first kappa shape index (κ1) is 14.2. The van der Waals surface area contributed by atoms with Crippen molar-refractivity contribution in [1.29, 1.82) is 0 Å². The third-order valence-corrected chi connectivity index (χ3v) is 2.20. The molecular formula is C11H18ClN3O2.